The normalized spacial score (nSPS) is 13.0. The van der Waals surface area contributed by atoms with Gasteiger partial charge in [0.25, 0.3) is 0 Å². The predicted octanol–water partition coefficient (Wildman–Crippen LogP) is 0.464. The van der Waals surface area contributed by atoms with Crippen LogP contribution in [0.2, 0.25) is 0 Å². The van der Waals surface area contributed by atoms with Crippen molar-refractivity contribution < 1.29 is 5.11 Å². The largest absolute Gasteiger partial charge is 0.392 e. The molecule has 2 rings (SSSR count). The average molecular weight is 221 g/mol. The molecule has 86 valence electrons. The molecule has 0 spiro atoms. The summed E-state index contributed by atoms with van der Waals surface area (Å²) in [5.41, 5.74) is 1.67. The van der Waals surface area contributed by atoms with Crippen molar-refractivity contribution in [2.24, 2.45) is 7.05 Å². The summed E-state index contributed by atoms with van der Waals surface area (Å²) in [5, 5.41) is 17.5. The van der Waals surface area contributed by atoms with Crippen LogP contribution in [0.4, 0.5) is 5.82 Å². The zero-order chi connectivity index (χ0) is 11.7. The van der Waals surface area contributed by atoms with Gasteiger partial charge in [0.1, 0.15) is 12.1 Å². The molecule has 2 aromatic rings. The topological polar surface area (TPSA) is 75.9 Å². The highest BCUT2D eigenvalue weighted by Gasteiger charge is 2.11. The minimum atomic E-state index is -0.415. The first kappa shape index (κ1) is 10.8. The van der Waals surface area contributed by atoms with Crippen LogP contribution in [-0.4, -0.2) is 37.5 Å². The van der Waals surface area contributed by atoms with E-state index >= 15 is 0 Å². The Bertz CT molecular complexity index is 505. The molecule has 0 saturated heterocycles. The Morgan fingerprint density at radius 1 is 1.50 bits per heavy atom. The Morgan fingerprint density at radius 3 is 2.94 bits per heavy atom. The number of aliphatic hydroxyl groups excluding tert-OH is 1. The number of nitrogens with zero attached hydrogens (tertiary/aromatic N) is 4. The first-order valence-corrected chi connectivity index (χ1v) is 5.16. The van der Waals surface area contributed by atoms with Crippen molar-refractivity contribution in [3.63, 3.8) is 0 Å². The Hall–Kier alpha value is -1.69. The second kappa shape index (κ2) is 4.05. The molecule has 1 atom stereocenters. The molecule has 6 nitrogen and oxygen atoms in total. The molecular formula is C10H15N5O. The van der Waals surface area contributed by atoms with Crippen LogP contribution in [0, 0.1) is 6.92 Å². The molecule has 1 unspecified atom stereocenters. The fourth-order valence-corrected chi connectivity index (χ4v) is 1.66. The molecule has 6 heteroatoms. The van der Waals surface area contributed by atoms with Gasteiger partial charge in [-0.05, 0) is 13.8 Å². The van der Waals surface area contributed by atoms with Crippen molar-refractivity contribution in [1.82, 2.24) is 19.7 Å². The Labute approximate surface area is 93.3 Å². The summed E-state index contributed by atoms with van der Waals surface area (Å²) in [7, 11) is 1.85. The van der Waals surface area contributed by atoms with Gasteiger partial charge in [0, 0.05) is 13.6 Å². The highest BCUT2D eigenvalue weighted by atomic mass is 16.3. The molecule has 0 aliphatic rings. The van der Waals surface area contributed by atoms with Crippen LogP contribution >= 0.6 is 0 Å². The lowest BCUT2D eigenvalue weighted by atomic mass is 10.3. The van der Waals surface area contributed by atoms with Crippen LogP contribution in [0.1, 0.15) is 12.6 Å². The van der Waals surface area contributed by atoms with E-state index in [2.05, 4.69) is 20.4 Å². The SMILES string of the molecule is Cc1nn(C)c2ncnc(NCC(C)O)c12. The number of nitrogens with one attached hydrogen (secondary N) is 1. The van der Waals surface area contributed by atoms with Gasteiger partial charge in [-0.15, -0.1) is 0 Å². The van der Waals surface area contributed by atoms with E-state index in [1.54, 1.807) is 11.6 Å². The number of aliphatic hydroxyl groups is 1. The van der Waals surface area contributed by atoms with E-state index in [4.69, 9.17) is 0 Å². The van der Waals surface area contributed by atoms with Gasteiger partial charge >= 0.3 is 0 Å². The fraction of sp³-hybridized carbons (Fsp3) is 0.500. The maximum Gasteiger partial charge on any atom is 0.163 e. The quantitative estimate of drug-likeness (QED) is 0.787. The van der Waals surface area contributed by atoms with Crippen molar-refractivity contribution >= 4 is 16.9 Å². The molecule has 0 radical (unpaired) electrons. The lowest BCUT2D eigenvalue weighted by molar-refractivity contribution is 0.208. The number of aromatic nitrogens is 4. The number of fused-ring (bicyclic) bond motifs is 1. The highest BCUT2D eigenvalue weighted by Crippen LogP contribution is 2.21. The third kappa shape index (κ3) is 1.83. The van der Waals surface area contributed by atoms with Crippen LogP contribution in [0.5, 0.6) is 0 Å². The monoisotopic (exact) mass is 221 g/mol. The lowest BCUT2D eigenvalue weighted by Gasteiger charge is -2.08. The molecule has 0 aromatic carbocycles. The maximum atomic E-state index is 9.23. The summed E-state index contributed by atoms with van der Waals surface area (Å²) in [6.45, 7) is 4.10. The van der Waals surface area contributed by atoms with E-state index in [1.165, 1.54) is 6.33 Å². The van der Waals surface area contributed by atoms with E-state index in [0.717, 1.165) is 22.5 Å². The molecule has 0 amide bonds. The van der Waals surface area contributed by atoms with Crippen molar-refractivity contribution in [3.05, 3.63) is 12.0 Å². The zero-order valence-electron chi connectivity index (χ0n) is 9.60. The summed E-state index contributed by atoms with van der Waals surface area (Å²) in [5.74, 6) is 0.719. The van der Waals surface area contributed by atoms with E-state index in [0.29, 0.717) is 6.54 Å². The smallest absolute Gasteiger partial charge is 0.163 e. The third-order valence-corrected chi connectivity index (χ3v) is 2.36. The number of anilines is 1. The molecule has 0 saturated carbocycles. The molecule has 2 heterocycles. The van der Waals surface area contributed by atoms with Crippen LogP contribution < -0.4 is 5.32 Å². The molecule has 0 aliphatic carbocycles. The maximum absolute atomic E-state index is 9.23. The predicted molar refractivity (Wildman–Crippen MR) is 61.2 cm³/mol. The molecule has 2 N–H and O–H groups in total. The number of hydrogen-bond acceptors (Lipinski definition) is 5. The Balaban J connectivity index is 2.45. The number of aryl methyl sites for hydroxylation is 2. The van der Waals surface area contributed by atoms with Gasteiger partial charge in [0.2, 0.25) is 0 Å². The molecule has 2 aromatic heterocycles. The second-order valence-corrected chi connectivity index (χ2v) is 3.86. The minimum Gasteiger partial charge on any atom is -0.392 e. The standard InChI is InChI=1S/C10H15N5O/c1-6(16)4-11-9-8-7(2)14-15(3)10(8)13-5-12-9/h5-6,16H,4H2,1-3H3,(H,11,12,13). The van der Waals surface area contributed by atoms with E-state index in [-0.39, 0.29) is 0 Å². The van der Waals surface area contributed by atoms with Gasteiger partial charge in [0.05, 0.1) is 17.2 Å². The van der Waals surface area contributed by atoms with Gasteiger partial charge < -0.3 is 10.4 Å². The van der Waals surface area contributed by atoms with Crippen LogP contribution in [-0.2, 0) is 7.05 Å². The lowest BCUT2D eigenvalue weighted by Crippen LogP contribution is -2.16. The molecule has 0 bridgehead atoms. The Kier molecular flexibility index (Phi) is 2.74. The zero-order valence-corrected chi connectivity index (χ0v) is 9.60. The number of rotatable bonds is 3. The highest BCUT2D eigenvalue weighted by molar-refractivity contribution is 5.88. The van der Waals surface area contributed by atoms with Crippen LogP contribution in [0.25, 0.3) is 11.0 Å². The second-order valence-electron chi connectivity index (χ2n) is 3.86. The summed E-state index contributed by atoms with van der Waals surface area (Å²) in [6, 6.07) is 0. The summed E-state index contributed by atoms with van der Waals surface area (Å²) < 4.78 is 1.72. The van der Waals surface area contributed by atoms with Crippen LogP contribution in [0.15, 0.2) is 6.33 Å². The van der Waals surface area contributed by atoms with Crippen molar-refractivity contribution in [2.75, 3.05) is 11.9 Å². The van der Waals surface area contributed by atoms with Crippen LogP contribution in [0.3, 0.4) is 0 Å². The number of hydrogen-bond donors (Lipinski definition) is 2. The van der Waals surface area contributed by atoms with E-state index < -0.39 is 6.10 Å². The molecule has 0 fully saturated rings. The Morgan fingerprint density at radius 2 is 2.25 bits per heavy atom. The molecular weight excluding hydrogens is 206 g/mol. The minimum absolute atomic E-state index is 0.415. The molecule has 0 aliphatic heterocycles. The molecule has 16 heavy (non-hydrogen) atoms. The van der Waals surface area contributed by atoms with Crippen molar-refractivity contribution in [1.29, 1.82) is 0 Å². The average Bonchev–Trinajstić information content (AvgIpc) is 2.52. The van der Waals surface area contributed by atoms with E-state index in [1.807, 2.05) is 14.0 Å². The first-order valence-electron chi connectivity index (χ1n) is 5.16. The van der Waals surface area contributed by atoms with Gasteiger partial charge in [-0.2, -0.15) is 5.10 Å². The van der Waals surface area contributed by atoms with Gasteiger partial charge in [0.15, 0.2) is 5.65 Å². The summed E-state index contributed by atoms with van der Waals surface area (Å²) in [4.78, 5) is 8.34. The summed E-state index contributed by atoms with van der Waals surface area (Å²) in [6.07, 6.45) is 1.08. The van der Waals surface area contributed by atoms with Gasteiger partial charge in [-0.1, -0.05) is 0 Å². The fourth-order valence-electron chi connectivity index (χ4n) is 1.66. The van der Waals surface area contributed by atoms with Crippen molar-refractivity contribution in [2.45, 2.75) is 20.0 Å². The third-order valence-electron chi connectivity index (χ3n) is 2.36. The first-order chi connectivity index (χ1) is 7.59. The van der Waals surface area contributed by atoms with Crippen molar-refractivity contribution in [3.8, 4) is 0 Å². The van der Waals surface area contributed by atoms with Gasteiger partial charge in [-0.25, -0.2) is 9.97 Å². The van der Waals surface area contributed by atoms with E-state index in [9.17, 15) is 5.11 Å². The van der Waals surface area contributed by atoms with Gasteiger partial charge in [-0.3, -0.25) is 4.68 Å². The summed E-state index contributed by atoms with van der Waals surface area (Å²) >= 11 is 0.